The Morgan fingerprint density at radius 1 is 1.29 bits per heavy atom. The summed E-state index contributed by atoms with van der Waals surface area (Å²) in [6, 6.07) is 4.69. The van der Waals surface area contributed by atoms with Crippen molar-refractivity contribution in [3.05, 3.63) is 23.3 Å². The zero-order chi connectivity index (χ0) is 9.54. The summed E-state index contributed by atoms with van der Waals surface area (Å²) in [5.41, 5.74) is 2.63. The van der Waals surface area contributed by atoms with E-state index in [0.717, 1.165) is 18.0 Å². The van der Waals surface area contributed by atoms with Crippen molar-refractivity contribution in [2.24, 2.45) is 0 Å². The molecule has 74 valence electrons. The SMILES string of the molecule is Cc1cc2c(cc1[C@@H]1CCN1)OCO2. The highest BCUT2D eigenvalue weighted by molar-refractivity contribution is 5.49. The van der Waals surface area contributed by atoms with Gasteiger partial charge in [0.05, 0.1) is 0 Å². The van der Waals surface area contributed by atoms with Crippen molar-refractivity contribution < 1.29 is 9.47 Å². The molecule has 3 nitrogen and oxygen atoms in total. The van der Waals surface area contributed by atoms with Gasteiger partial charge in [0.25, 0.3) is 0 Å². The lowest BCUT2D eigenvalue weighted by Gasteiger charge is -2.29. The molecule has 3 rings (SSSR count). The Labute approximate surface area is 83.0 Å². The maximum absolute atomic E-state index is 5.36. The highest BCUT2D eigenvalue weighted by Crippen LogP contribution is 2.38. The van der Waals surface area contributed by atoms with Crippen LogP contribution < -0.4 is 14.8 Å². The monoisotopic (exact) mass is 191 g/mol. The molecular weight excluding hydrogens is 178 g/mol. The van der Waals surface area contributed by atoms with Crippen LogP contribution in [0.2, 0.25) is 0 Å². The third-order valence-corrected chi connectivity index (χ3v) is 2.96. The van der Waals surface area contributed by atoms with Gasteiger partial charge >= 0.3 is 0 Å². The van der Waals surface area contributed by atoms with Gasteiger partial charge in [-0.3, -0.25) is 0 Å². The predicted octanol–water partition coefficient (Wildman–Crippen LogP) is 1.76. The second-order valence-corrected chi connectivity index (χ2v) is 3.86. The summed E-state index contributed by atoms with van der Waals surface area (Å²) in [7, 11) is 0. The molecular formula is C11H13NO2. The molecule has 1 aromatic carbocycles. The molecule has 1 atom stereocenters. The molecule has 0 radical (unpaired) electrons. The molecule has 0 aliphatic carbocycles. The standard InChI is InChI=1S/C11H13NO2/c1-7-4-10-11(14-6-13-10)5-8(7)9-2-3-12-9/h4-5,9,12H,2-3,6H2,1H3/t9-/m0/s1. The Bertz CT molecular complexity index is 372. The van der Waals surface area contributed by atoms with E-state index >= 15 is 0 Å². The van der Waals surface area contributed by atoms with Crippen molar-refractivity contribution in [2.75, 3.05) is 13.3 Å². The Hall–Kier alpha value is -1.22. The fraction of sp³-hybridized carbons (Fsp3) is 0.455. The van der Waals surface area contributed by atoms with Gasteiger partial charge in [-0.05, 0) is 43.1 Å². The second-order valence-electron chi connectivity index (χ2n) is 3.86. The number of hydrogen-bond donors (Lipinski definition) is 1. The van der Waals surface area contributed by atoms with E-state index in [-0.39, 0.29) is 0 Å². The molecule has 2 heterocycles. The molecule has 14 heavy (non-hydrogen) atoms. The zero-order valence-electron chi connectivity index (χ0n) is 8.17. The topological polar surface area (TPSA) is 30.5 Å². The lowest BCUT2D eigenvalue weighted by atomic mass is 9.94. The number of rotatable bonds is 1. The Morgan fingerprint density at radius 2 is 2.00 bits per heavy atom. The van der Waals surface area contributed by atoms with Crippen LogP contribution in [0.3, 0.4) is 0 Å². The molecule has 2 aliphatic heterocycles. The molecule has 0 amide bonds. The lowest BCUT2D eigenvalue weighted by molar-refractivity contribution is 0.174. The number of aryl methyl sites for hydroxylation is 1. The van der Waals surface area contributed by atoms with Crippen molar-refractivity contribution >= 4 is 0 Å². The summed E-state index contributed by atoms with van der Waals surface area (Å²) in [4.78, 5) is 0. The van der Waals surface area contributed by atoms with Gasteiger partial charge in [-0.2, -0.15) is 0 Å². The van der Waals surface area contributed by atoms with Crippen LogP contribution in [0.15, 0.2) is 12.1 Å². The van der Waals surface area contributed by atoms with Crippen molar-refractivity contribution in [2.45, 2.75) is 19.4 Å². The molecule has 0 bridgehead atoms. The van der Waals surface area contributed by atoms with E-state index < -0.39 is 0 Å². The summed E-state index contributed by atoms with van der Waals surface area (Å²) in [5.74, 6) is 1.77. The van der Waals surface area contributed by atoms with Gasteiger partial charge in [0.1, 0.15) is 0 Å². The quantitative estimate of drug-likeness (QED) is 0.733. The van der Waals surface area contributed by atoms with Crippen molar-refractivity contribution in [1.82, 2.24) is 5.32 Å². The maximum atomic E-state index is 5.36. The number of ether oxygens (including phenoxy) is 2. The predicted molar refractivity (Wildman–Crippen MR) is 52.7 cm³/mol. The van der Waals surface area contributed by atoms with Crippen molar-refractivity contribution in [3.63, 3.8) is 0 Å². The summed E-state index contributed by atoms with van der Waals surface area (Å²) < 4.78 is 10.7. The normalized spacial score (nSPS) is 23.4. The Balaban J connectivity index is 2.03. The largest absolute Gasteiger partial charge is 0.454 e. The minimum absolute atomic E-state index is 0.357. The number of fused-ring (bicyclic) bond motifs is 1. The summed E-state index contributed by atoms with van der Waals surface area (Å²) in [6.07, 6.45) is 1.22. The summed E-state index contributed by atoms with van der Waals surface area (Å²) >= 11 is 0. The van der Waals surface area contributed by atoms with Crippen LogP contribution in [-0.2, 0) is 0 Å². The van der Waals surface area contributed by atoms with Gasteiger partial charge in [0.15, 0.2) is 11.5 Å². The summed E-state index contributed by atoms with van der Waals surface area (Å²) in [5, 5.41) is 3.40. The highest BCUT2D eigenvalue weighted by Gasteiger charge is 2.23. The Kier molecular flexibility index (Phi) is 1.67. The molecule has 0 unspecified atom stereocenters. The first-order valence-electron chi connectivity index (χ1n) is 4.98. The second kappa shape index (κ2) is 2.89. The first-order chi connectivity index (χ1) is 6.84. The molecule has 0 saturated carbocycles. The number of benzene rings is 1. The fourth-order valence-corrected chi connectivity index (χ4v) is 1.99. The van der Waals surface area contributed by atoms with E-state index in [1.165, 1.54) is 17.5 Å². The molecule has 0 spiro atoms. The molecule has 1 saturated heterocycles. The average molecular weight is 191 g/mol. The summed E-state index contributed by atoms with van der Waals surface area (Å²) in [6.45, 7) is 3.60. The molecule has 2 aliphatic rings. The molecule has 3 heteroatoms. The third-order valence-electron chi connectivity index (χ3n) is 2.96. The maximum Gasteiger partial charge on any atom is 0.231 e. The minimum Gasteiger partial charge on any atom is -0.454 e. The van der Waals surface area contributed by atoms with Crippen LogP contribution in [-0.4, -0.2) is 13.3 Å². The van der Waals surface area contributed by atoms with E-state index in [9.17, 15) is 0 Å². The van der Waals surface area contributed by atoms with Crippen LogP contribution in [0, 0.1) is 6.92 Å². The third kappa shape index (κ3) is 1.09. The molecule has 1 aromatic rings. The molecule has 0 aromatic heterocycles. The van der Waals surface area contributed by atoms with E-state index in [0.29, 0.717) is 12.8 Å². The smallest absolute Gasteiger partial charge is 0.231 e. The van der Waals surface area contributed by atoms with Crippen molar-refractivity contribution in [1.29, 1.82) is 0 Å². The van der Waals surface area contributed by atoms with Gasteiger partial charge in [0, 0.05) is 6.04 Å². The van der Waals surface area contributed by atoms with E-state index in [1.807, 2.05) is 0 Å². The zero-order valence-corrected chi connectivity index (χ0v) is 8.17. The van der Waals surface area contributed by atoms with Crippen LogP contribution >= 0.6 is 0 Å². The number of nitrogens with one attached hydrogen (secondary N) is 1. The van der Waals surface area contributed by atoms with E-state index in [4.69, 9.17) is 9.47 Å². The lowest BCUT2D eigenvalue weighted by Crippen LogP contribution is -2.35. The van der Waals surface area contributed by atoms with E-state index in [1.54, 1.807) is 0 Å². The van der Waals surface area contributed by atoms with Gasteiger partial charge < -0.3 is 14.8 Å². The van der Waals surface area contributed by atoms with Gasteiger partial charge in [-0.1, -0.05) is 0 Å². The van der Waals surface area contributed by atoms with Crippen LogP contribution in [0.25, 0.3) is 0 Å². The van der Waals surface area contributed by atoms with Crippen molar-refractivity contribution in [3.8, 4) is 11.5 Å². The average Bonchev–Trinajstić information content (AvgIpc) is 2.48. The minimum atomic E-state index is 0.357. The van der Waals surface area contributed by atoms with Gasteiger partial charge in [-0.15, -0.1) is 0 Å². The first-order valence-corrected chi connectivity index (χ1v) is 4.98. The molecule has 1 N–H and O–H groups in total. The number of hydrogen-bond acceptors (Lipinski definition) is 3. The molecule has 1 fully saturated rings. The Morgan fingerprint density at radius 3 is 2.64 bits per heavy atom. The van der Waals surface area contributed by atoms with E-state index in [2.05, 4.69) is 24.4 Å². The van der Waals surface area contributed by atoms with Gasteiger partial charge in [-0.25, -0.2) is 0 Å². The van der Waals surface area contributed by atoms with Crippen LogP contribution in [0.1, 0.15) is 23.6 Å². The van der Waals surface area contributed by atoms with Crippen LogP contribution in [0.5, 0.6) is 11.5 Å². The first kappa shape index (κ1) is 8.12. The van der Waals surface area contributed by atoms with Gasteiger partial charge in [0.2, 0.25) is 6.79 Å². The van der Waals surface area contributed by atoms with Crippen LogP contribution in [0.4, 0.5) is 0 Å². The fourth-order valence-electron chi connectivity index (χ4n) is 1.99. The highest BCUT2D eigenvalue weighted by atomic mass is 16.7.